The van der Waals surface area contributed by atoms with Crippen molar-refractivity contribution in [3.63, 3.8) is 0 Å². The summed E-state index contributed by atoms with van der Waals surface area (Å²) in [5, 5.41) is 11.3. The van der Waals surface area contributed by atoms with E-state index in [4.69, 9.17) is 4.74 Å². The Balaban J connectivity index is 1.65. The topological polar surface area (TPSA) is 88.9 Å². The van der Waals surface area contributed by atoms with Gasteiger partial charge in [-0.3, -0.25) is 14.6 Å². The minimum atomic E-state index is -0.264. The predicted molar refractivity (Wildman–Crippen MR) is 87.3 cm³/mol. The molecule has 1 amide bonds. The lowest BCUT2D eigenvalue weighted by atomic mass is 9.96. The van der Waals surface area contributed by atoms with Crippen LogP contribution in [0.15, 0.2) is 12.4 Å². The Morgan fingerprint density at radius 3 is 2.88 bits per heavy atom. The quantitative estimate of drug-likeness (QED) is 0.905. The van der Waals surface area contributed by atoms with E-state index in [1.165, 1.54) is 0 Å². The maximum Gasteiger partial charge on any atom is 0.227 e. The fourth-order valence-electron chi connectivity index (χ4n) is 2.64. The molecule has 0 radical (unpaired) electrons. The summed E-state index contributed by atoms with van der Waals surface area (Å²) in [6.45, 7) is 7.75. The smallest absolute Gasteiger partial charge is 0.227 e. The second-order valence-electron chi connectivity index (χ2n) is 7.19. The fraction of sp³-hybridized carbons (Fsp3) is 0.625. The molecule has 0 aromatic carbocycles. The van der Waals surface area contributed by atoms with Gasteiger partial charge in [0.1, 0.15) is 6.10 Å². The minimum Gasteiger partial charge on any atom is -0.367 e. The summed E-state index contributed by atoms with van der Waals surface area (Å²) >= 11 is 0. The molecule has 2 aromatic rings. The average molecular weight is 332 g/mol. The first-order chi connectivity index (χ1) is 11.3. The van der Waals surface area contributed by atoms with Gasteiger partial charge in [0.15, 0.2) is 11.6 Å². The van der Waals surface area contributed by atoms with Crippen LogP contribution in [0.25, 0.3) is 0 Å². The molecule has 1 N–H and O–H groups in total. The number of morpholine rings is 1. The number of rotatable bonds is 3. The number of nitrogens with one attached hydrogen (secondary N) is 1. The molecule has 0 saturated carbocycles. The third kappa shape index (κ3) is 3.64. The van der Waals surface area contributed by atoms with Crippen LogP contribution in [0, 0.1) is 0 Å². The van der Waals surface area contributed by atoms with Crippen molar-refractivity contribution in [1.82, 2.24) is 29.9 Å². The Morgan fingerprint density at radius 1 is 1.46 bits per heavy atom. The van der Waals surface area contributed by atoms with Crippen molar-refractivity contribution in [1.29, 1.82) is 0 Å². The SMILES string of the molecule is Cn1cc(CC(=O)N2CCOC(c3nc(C(C)(C)C)n[nH]3)C2)cn1. The Kier molecular flexibility index (Phi) is 4.40. The van der Waals surface area contributed by atoms with Gasteiger partial charge in [0.25, 0.3) is 0 Å². The molecule has 0 aliphatic carbocycles. The van der Waals surface area contributed by atoms with Crippen molar-refractivity contribution in [2.75, 3.05) is 19.7 Å². The molecule has 8 heteroatoms. The Bertz CT molecular complexity index is 714. The van der Waals surface area contributed by atoms with Crippen LogP contribution in [-0.2, 0) is 28.4 Å². The van der Waals surface area contributed by atoms with Crippen LogP contribution in [0.2, 0.25) is 0 Å². The number of nitrogens with zero attached hydrogens (tertiary/aromatic N) is 5. The standard InChI is InChI=1S/C16H24N6O2/c1-16(2,3)15-18-14(19-20-15)12-10-22(5-6-24-12)13(23)7-11-8-17-21(4)9-11/h8-9,12H,5-7,10H2,1-4H3,(H,18,19,20). The van der Waals surface area contributed by atoms with Gasteiger partial charge in [0.2, 0.25) is 5.91 Å². The van der Waals surface area contributed by atoms with Crippen LogP contribution < -0.4 is 0 Å². The molecular formula is C16H24N6O2. The van der Waals surface area contributed by atoms with Crippen LogP contribution >= 0.6 is 0 Å². The second kappa shape index (κ2) is 6.35. The second-order valence-corrected chi connectivity index (χ2v) is 7.19. The highest BCUT2D eigenvalue weighted by molar-refractivity contribution is 5.78. The molecule has 1 fully saturated rings. The van der Waals surface area contributed by atoms with Gasteiger partial charge in [-0.15, -0.1) is 0 Å². The molecule has 1 atom stereocenters. The molecule has 0 spiro atoms. The van der Waals surface area contributed by atoms with Crippen LogP contribution in [0.3, 0.4) is 0 Å². The minimum absolute atomic E-state index is 0.0758. The van der Waals surface area contributed by atoms with E-state index in [0.717, 1.165) is 11.4 Å². The number of ether oxygens (including phenoxy) is 1. The zero-order valence-electron chi connectivity index (χ0n) is 14.6. The van der Waals surface area contributed by atoms with Gasteiger partial charge in [0, 0.05) is 25.2 Å². The van der Waals surface area contributed by atoms with E-state index in [-0.39, 0.29) is 17.4 Å². The zero-order valence-corrected chi connectivity index (χ0v) is 14.6. The van der Waals surface area contributed by atoms with Gasteiger partial charge in [0.05, 0.1) is 25.8 Å². The molecule has 3 rings (SSSR count). The number of amides is 1. The lowest BCUT2D eigenvalue weighted by Crippen LogP contribution is -2.43. The van der Waals surface area contributed by atoms with Gasteiger partial charge in [-0.2, -0.15) is 10.2 Å². The largest absolute Gasteiger partial charge is 0.367 e. The Hall–Kier alpha value is -2.22. The number of carbonyl (C=O) groups is 1. The van der Waals surface area contributed by atoms with E-state index in [1.54, 1.807) is 10.9 Å². The summed E-state index contributed by atoms with van der Waals surface area (Å²) < 4.78 is 7.48. The third-order valence-electron chi connectivity index (χ3n) is 4.01. The van der Waals surface area contributed by atoms with Crippen LogP contribution in [0.1, 0.15) is 44.1 Å². The molecule has 8 nitrogen and oxygen atoms in total. The molecule has 2 aromatic heterocycles. The van der Waals surface area contributed by atoms with Gasteiger partial charge in [-0.1, -0.05) is 20.8 Å². The Morgan fingerprint density at radius 2 is 2.25 bits per heavy atom. The highest BCUT2D eigenvalue weighted by atomic mass is 16.5. The summed E-state index contributed by atoms with van der Waals surface area (Å²) in [6.07, 6.45) is 3.67. The number of aromatic amines is 1. The van der Waals surface area contributed by atoms with E-state index in [1.807, 2.05) is 18.1 Å². The normalized spacial score (nSPS) is 18.8. The van der Waals surface area contributed by atoms with E-state index < -0.39 is 0 Å². The molecule has 24 heavy (non-hydrogen) atoms. The molecule has 1 aliphatic rings. The van der Waals surface area contributed by atoms with Crippen molar-refractivity contribution >= 4 is 5.91 Å². The third-order valence-corrected chi connectivity index (χ3v) is 4.01. The Labute approximate surface area is 141 Å². The van der Waals surface area contributed by atoms with Crippen molar-refractivity contribution < 1.29 is 9.53 Å². The number of H-pyrrole nitrogens is 1. The highest BCUT2D eigenvalue weighted by Crippen LogP contribution is 2.23. The lowest BCUT2D eigenvalue weighted by Gasteiger charge is -2.31. The molecule has 130 valence electrons. The predicted octanol–water partition coefficient (Wildman–Crippen LogP) is 0.978. The van der Waals surface area contributed by atoms with E-state index in [9.17, 15) is 4.79 Å². The van der Waals surface area contributed by atoms with Crippen molar-refractivity contribution in [2.45, 2.75) is 38.7 Å². The lowest BCUT2D eigenvalue weighted by molar-refractivity contribution is -0.138. The van der Waals surface area contributed by atoms with Gasteiger partial charge in [-0.05, 0) is 5.56 Å². The average Bonchev–Trinajstić information content (AvgIpc) is 3.16. The van der Waals surface area contributed by atoms with E-state index in [2.05, 4.69) is 41.1 Å². The summed E-state index contributed by atoms with van der Waals surface area (Å²) in [5.41, 5.74) is 0.791. The van der Waals surface area contributed by atoms with Gasteiger partial charge in [-0.25, -0.2) is 4.98 Å². The summed E-state index contributed by atoms with van der Waals surface area (Å²) in [6, 6.07) is 0. The summed E-state index contributed by atoms with van der Waals surface area (Å²) in [4.78, 5) is 18.9. The number of carbonyl (C=O) groups excluding carboxylic acids is 1. The summed E-state index contributed by atoms with van der Waals surface area (Å²) in [5.74, 6) is 1.51. The van der Waals surface area contributed by atoms with Gasteiger partial charge >= 0.3 is 0 Å². The maximum atomic E-state index is 12.5. The molecule has 0 bridgehead atoms. The van der Waals surface area contributed by atoms with Crippen LogP contribution in [0.5, 0.6) is 0 Å². The first-order valence-electron chi connectivity index (χ1n) is 8.12. The van der Waals surface area contributed by atoms with Gasteiger partial charge < -0.3 is 9.64 Å². The first-order valence-corrected chi connectivity index (χ1v) is 8.12. The zero-order chi connectivity index (χ0) is 17.3. The van der Waals surface area contributed by atoms with Crippen molar-refractivity contribution in [3.8, 4) is 0 Å². The molecular weight excluding hydrogens is 308 g/mol. The fourth-order valence-corrected chi connectivity index (χ4v) is 2.64. The molecule has 1 unspecified atom stereocenters. The van der Waals surface area contributed by atoms with E-state index in [0.29, 0.717) is 31.9 Å². The monoisotopic (exact) mass is 332 g/mol. The molecule has 1 saturated heterocycles. The molecule has 3 heterocycles. The number of hydrogen-bond donors (Lipinski definition) is 1. The van der Waals surface area contributed by atoms with E-state index >= 15 is 0 Å². The number of aromatic nitrogens is 5. The summed E-state index contributed by atoms with van der Waals surface area (Å²) in [7, 11) is 1.84. The van der Waals surface area contributed by atoms with Crippen LogP contribution in [0.4, 0.5) is 0 Å². The number of hydrogen-bond acceptors (Lipinski definition) is 5. The first kappa shape index (κ1) is 16.6. The van der Waals surface area contributed by atoms with Crippen molar-refractivity contribution in [3.05, 3.63) is 29.6 Å². The van der Waals surface area contributed by atoms with Crippen molar-refractivity contribution in [2.24, 2.45) is 7.05 Å². The number of aryl methyl sites for hydroxylation is 1. The maximum absolute atomic E-state index is 12.5. The molecule has 1 aliphatic heterocycles. The highest BCUT2D eigenvalue weighted by Gasteiger charge is 2.29. The van der Waals surface area contributed by atoms with Crippen LogP contribution in [-0.4, -0.2) is 55.5 Å².